The second-order valence-corrected chi connectivity index (χ2v) is 5.37. The van der Waals surface area contributed by atoms with Gasteiger partial charge in [0.25, 0.3) is 0 Å². The summed E-state index contributed by atoms with van der Waals surface area (Å²) < 4.78 is 5.59. The minimum Gasteiger partial charge on any atom is -0.493 e. The highest BCUT2D eigenvalue weighted by atomic mass is 32.1. The largest absolute Gasteiger partial charge is 0.493 e. The third-order valence-corrected chi connectivity index (χ3v) is 2.52. The minimum absolute atomic E-state index is 0.141. The molecule has 0 spiro atoms. The Bertz CT molecular complexity index is 368. The summed E-state index contributed by atoms with van der Waals surface area (Å²) in [6, 6.07) is 8.14. The molecule has 0 atom stereocenters. The lowest BCUT2D eigenvalue weighted by molar-refractivity contribution is 0.328. The molecule has 0 aliphatic heterocycles. The molecule has 0 amide bonds. The molecule has 0 unspecified atom stereocenters. The molecule has 1 rings (SSSR count). The Labute approximate surface area is 103 Å². The van der Waals surface area contributed by atoms with E-state index in [2.05, 4.69) is 32.9 Å². The van der Waals surface area contributed by atoms with Crippen molar-refractivity contribution in [3.05, 3.63) is 29.8 Å². The number of ether oxygens (including phenoxy) is 1. The summed E-state index contributed by atoms with van der Waals surface area (Å²) in [6.07, 6.45) is 0.620. The summed E-state index contributed by atoms with van der Waals surface area (Å²) in [5.41, 5.74) is 6.81. The molecule has 2 N–H and O–H groups in total. The molecule has 0 saturated heterocycles. The van der Waals surface area contributed by atoms with Crippen molar-refractivity contribution in [2.75, 3.05) is 6.61 Å². The van der Waals surface area contributed by atoms with Gasteiger partial charge in [0.2, 0.25) is 0 Å². The average Bonchev–Trinajstić information content (AvgIpc) is 2.16. The second-order valence-electron chi connectivity index (χ2n) is 4.84. The van der Waals surface area contributed by atoms with Crippen molar-refractivity contribution in [1.29, 1.82) is 0 Å². The summed E-state index contributed by atoms with van der Waals surface area (Å²) in [7, 11) is 0. The Morgan fingerprint density at radius 1 is 1.38 bits per heavy atom. The molecule has 0 aromatic heterocycles. The van der Waals surface area contributed by atoms with Crippen LogP contribution >= 0.6 is 12.2 Å². The maximum atomic E-state index is 5.59. The van der Waals surface area contributed by atoms with Crippen molar-refractivity contribution in [2.45, 2.75) is 32.6 Å². The number of nitrogens with two attached hydrogens (primary N) is 1. The van der Waals surface area contributed by atoms with Crippen LogP contribution < -0.4 is 10.5 Å². The van der Waals surface area contributed by atoms with Gasteiger partial charge in [0.05, 0.1) is 11.6 Å². The first-order chi connectivity index (χ1) is 7.39. The van der Waals surface area contributed by atoms with E-state index in [0.29, 0.717) is 18.0 Å². The first-order valence-electron chi connectivity index (χ1n) is 5.41. The summed E-state index contributed by atoms with van der Waals surface area (Å²) in [5, 5.41) is 0. The van der Waals surface area contributed by atoms with Crippen LogP contribution in [0.15, 0.2) is 24.3 Å². The van der Waals surface area contributed by atoms with Gasteiger partial charge in [-0.1, -0.05) is 45.1 Å². The number of thiocarbonyl (C=S) groups is 1. The highest BCUT2D eigenvalue weighted by Gasteiger charge is 2.13. The molecule has 0 fully saturated rings. The van der Waals surface area contributed by atoms with Gasteiger partial charge in [-0.25, -0.2) is 0 Å². The van der Waals surface area contributed by atoms with E-state index in [1.165, 1.54) is 5.56 Å². The SMILES string of the molecule is CC(C)(C)c1cccc(OCCC(N)=S)c1. The second kappa shape index (κ2) is 5.30. The Balaban J connectivity index is 2.64. The molecule has 0 aliphatic rings. The summed E-state index contributed by atoms with van der Waals surface area (Å²) in [6.45, 7) is 7.09. The highest BCUT2D eigenvalue weighted by Crippen LogP contribution is 2.25. The van der Waals surface area contributed by atoms with Crippen molar-refractivity contribution in [3.8, 4) is 5.75 Å². The zero-order valence-electron chi connectivity index (χ0n) is 10.1. The first kappa shape index (κ1) is 13.0. The molecule has 1 aromatic carbocycles. The molecule has 3 heteroatoms. The van der Waals surface area contributed by atoms with Crippen LogP contribution in [0.3, 0.4) is 0 Å². The van der Waals surface area contributed by atoms with Crippen LogP contribution in [0.1, 0.15) is 32.8 Å². The number of rotatable bonds is 4. The van der Waals surface area contributed by atoms with Crippen LogP contribution in [-0.2, 0) is 5.41 Å². The van der Waals surface area contributed by atoms with E-state index in [-0.39, 0.29) is 5.41 Å². The number of benzene rings is 1. The maximum Gasteiger partial charge on any atom is 0.119 e. The Morgan fingerprint density at radius 2 is 2.06 bits per heavy atom. The summed E-state index contributed by atoms with van der Waals surface area (Å²) in [5.74, 6) is 0.878. The molecule has 1 aromatic rings. The topological polar surface area (TPSA) is 35.2 Å². The number of hydrogen-bond donors (Lipinski definition) is 1. The van der Waals surface area contributed by atoms with Gasteiger partial charge in [-0.3, -0.25) is 0 Å². The van der Waals surface area contributed by atoms with Gasteiger partial charge in [-0.15, -0.1) is 0 Å². The predicted molar refractivity (Wildman–Crippen MR) is 72.0 cm³/mol. The quantitative estimate of drug-likeness (QED) is 0.818. The van der Waals surface area contributed by atoms with Gasteiger partial charge in [0.15, 0.2) is 0 Å². The van der Waals surface area contributed by atoms with Crippen LogP contribution in [0.4, 0.5) is 0 Å². The maximum absolute atomic E-state index is 5.59. The van der Waals surface area contributed by atoms with Crippen LogP contribution in [0, 0.1) is 0 Å². The van der Waals surface area contributed by atoms with Gasteiger partial charge in [0, 0.05) is 6.42 Å². The van der Waals surface area contributed by atoms with Gasteiger partial charge in [-0.05, 0) is 23.1 Å². The van der Waals surface area contributed by atoms with Crippen LogP contribution in [-0.4, -0.2) is 11.6 Å². The monoisotopic (exact) mass is 237 g/mol. The third kappa shape index (κ3) is 4.19. The zero-order chi connectivity index (χ0) is 12.2. The molecule has 16 heavy (non-hydrogen) atoms. The summed E-state index contributed by atoms with van der Waals surface area (Å²) in [4.78, 5) is 0.493. The predicted octanol–water partition coefficient (Wildman–Crippen LogP) is 3.04. The van der Waals surface area contributed by atoms with Gasteiger partial charge < -0.3 is 10.5 Å². The van der Waals surface area contributed by atoms with Crippen molar-refractivity contribution in [1.82, 2.24) is 0 Å². The Morgan fingerprint density at radius 3 is 2.62 bits per heavy atom. The van der Waals surface area contributed by atoms with E-state index >= 15 is 0 Å². The Kier molecular flexibility index (Phi) is 4.30. The van der Waals surface area contributed by atoms with Crippen LogP contribution in [0.2, 0.25) is 0 Å². The van der Waals surface area contributed by atoms with E-state index in [1.54, 1.807) is 0 Å². The molecule has 0 bridgehead atoms. The molecular weight excluding hydrogens is 218 g/mol. The van der Waals surface area contributed by atoms with E-state index in [0.717, 1.165) is 5.75 Å². The average molecular weight is 237 g/mol. The molecule has 0 aliphatic carbocycles. The van der Waals surface area contributed by atoms with E-state index in [4.69, 9.17) is 22.7 Å². The lowest BCUT2D eigenvalue weighted by Gasteiger charge is -2.19. The van der Waals surface area contributed by atoms with Crippen LogP contribution in [0.25, 0.3) is 0 Å². The molecule has 0 heterocycles. The zero-order valence-corrected chi connectivity index (χ0v) is 10.9. The fourth-order valence-corrected chi connectivity index (χ4v) is 1.41. The molecular formula is C13H19NOS. The number of hydrogen-bond acceptors (Lipinski definition) is 2. The molecule has 0 radical (unpaired) electrons. The van der Waals surface area contributed by atoms with E-state index < -0.39 is 0 Å². The minimum atomic E-state index is 0.141. The lowest BCUT2D eigenvalue weighted by Crippen LogP contribution is -2.13. The third-order valence-electron chi connectivity index (χ3n) is 2.32. The van der Waals surface area contributed by atoms with Crippen molar-refractivity contribution in [3.63, 3.8) is 0 Å². The van der Waals surface area contributed by atoms with E-state index in [1.807, 2.05) is 12.1 Å². The molecule has 2 nitrogen and oxygen atoms in total. The van der Waals surface area contributed by atoms with Crippen molar-refractivity contribution >= 4 is 17.2 Å². The fraction of sp³-hybridized carbons (Fsp3) is 0.462. The fourth-order valence-electron chi connectivity index (χ4n) is 1.32. The molecule has 88 valence electrons. The van der Waals surface area contributed by atoms with Gasteiger partial charge in [0.1, 0.15) is 5.75 Å². The summed E-state index contributed by atoms with van der Waals surface area (Å²) >= 11 is 4.79. The van der Waals surface area contributed by atoms with Crippen molar-refractivity contribution < 1.29 is 4.74 Å². The smallest absolute Gasteiger partial charge is 0.119 e. The van der Waals surface area contributed by atoms with Gasteiger partial charge in [-0.2, -0.15) is 0 Å². The van der Waals surface area contributed by atoms with Crippen molar-refractivity contribution in [2.24, 2.45) is 5.73 Å². The first-order valence-corrected chi connectivity index (χ1v) is 5.82. The van der Waals surface area contributed by atoms with E-state index in [9.17, 15) is 0 Å². The molecule has 0 saturated carbocycles. The highest BCUT2D eigenvalue weighted by molar-refractivity contribution is 7.80. The lowest BCUT2D eigenvalue weighted by atomic mass is 9.87. The Hall–Kier alpha value is -1.09. The van der Waals surface area contributed by atoms with Gasteiger partial charge >= 0.3 is 0 Å². The normalized spacial score (nSPS) is 11.2. The van der Waals surface area contributed by atoms with Crippen LogP contribution in [0.5, 0.6) is 5.75 Å². The standard InChI is InChI=1S/C13H19NOS/c1-13(2,3)10-5-4-6-11(9-10)15-8-7-12(14)16/h4-6,9H,7-8H2,1-3H3,(H2,14,16).